The van der Waals surface area contributed by atoms with Crippen LogP contribution in [0.1, 0.15) is 25.3 Å². The van der Waals surface area contributed by atoms with E-state index >= 15 is 0 Å². The number of rotatable bonds is 4. The van der Waals surface area contributed by atoms with Gasteiger partial charge in [0.25, 0.3) is 0 Å². The summed E-state index contributed by atoms with van der Waals surface area (Å²) >= 11 is 0. The van der Waals surface area contributed by atoms with Gasteiger partial charge in [-0.1, -0.05) is 6.07 Å². The van der Waals surface area contributed by atoms with Gasteiger partial charge in [-0.15, -0.1) is 0 Å². The minimum atomic E-state index is -0.335. The lowest BCUT2D eigenvalue weighted by atomic mass is 10.00. The molecular weight excluding hydrogens is 330 g/mol. The Morgan fingerprint density at radius 3 is 3.23 bits per heavy atom. The molecule has 2 aliphatic heterocycles. The van der Waals surface area contributed by atoms with Gasteiger partial charge in [-0.25, -0.2) is 0 Å². The highest BCUT2D eigenvalue weighted by Crippen LogP contribution is 2.32. The number of fused-ring (bicyclic) bond motifs is 1. The van der Waals surface area contributed by atoms with Crippen LogP contribution in [-0.2, 0) is 20.8 Å². The molecule has 140 valence electrons. The molecule has 3 heterocycles. The van der Waals surface area contributed by atoms with Gasteiger partial charge in [-0.05, 0) is 42.0 Å². The number of benzene rings is 1. The van der Waals surface area contributed by atoms with E-state index in [4.69, 9.17) is 9.47 Å². The predicted octanol–water partition coefficient (Wildman–Crippen LogP) is 2.05. The van der Waals surface area contributed by atoms with Crippen LogP contribution in [0.25, 0.3) is 10.9 Å². The number of nitrogens with zero attached hydrogens (tertiary/aromatic N) is 1. The number of carbonyl (C=O) groups excluding carboxylic acids is 1. The molecule has 0 saturated carbocycles. The van der Waals surface area contributed by atoms with Crippen LogP contribution in [0.2, 0.25) is 0 Å². The minimum Gasteiger partial charge on any atom is -0.377 e. The molecular formula is C20H27N3O3. The average molecular weight is 357 g/mol. The van der Waals surface area contributed by atoms with Gasteiger partial charge < -0.3 is 24.7 Å². The molecule has 0 unspecified atom stereocenters. The molecule has 1 aromatic carbocycles. The van der Waals surface area contributed by atoms with Crippen molar-refractivity contribution in [2.75, 3.05) is 32.8 Å². The first-order chi connectivity index (χ1) is 12.6. The maximum absolute atomic E-state index is 11.8. The van der Waals surface area contributed by atoms with Crippen LogP contribution in [0.4, 0.5) is 0 Å². The van der Waals surface area contributed by atoms with Gasteiger partial charge in [0.05, 0.1) is 25.9 Å². The van der Waals surface area contributed by atoms with Crippen molar-refractivity contribution in [3.63, 3.8) is 0 Å². The molecule has 2 atom stereocenters. The summed E-state index contributed by atoms with van der Waals surface area (Å²) in [6.45, 7) is 5.73. The van der Waals surface area contributed by atoms with E-state index in [0.717, 1.165) is 25.9 Å². The number of aromatic nitrogens is 1. The molecule has 4 rings (SSSR count). The summed E-state index contributed by atoms with van der Waals surface area (Å²) < 4.78 is 12.1. The molecule has 2 N–H and O–H groups in total. The maximum atomic E-state index is 11.8. The third-order valence-corrected chi connectivity index (χ3v) is 5.45. The zero-order valence-corrected chi connectivity index (χ0v) is 15.3. The normalized spacial score (nSPS) is 26.5. The average Bonchev–Trinajstić information content (AvgIpc) is 3.18. The van der Waals surface area contributed by atoms with Gasteiger partial charge in [0.1, 0.15) is 5.60 Å². The zero-order valence-electron chi connectivity index (χ0n) is 15.3. The molecule has 1 aromatic heterocycles. The van der Waals surface area contributed by atoms with E-state index in [0.29, 0.717) is 26.3 Å². The van der Waals surface area contributed by atoms with Crippen molar-refractivity contribution in [3.8, 4) is 0 Å². The van der Waals surface area contributed by atoms with Crippen molar-refractivity contribution in [2.45, 2.75) is 38.0 Å². The summed E-state index contributed by atoms with van der Waals surface area (Å²) in [4.78, 5) is 16.8. The summed E-state index contributed by atoms with van der Waals surface area (Å²) in [5.41, 5.74) is 2.10. The maximum Gasteiger partial charge on any atom is 0.219 e. The monoisotopic (exact) mass is 357 g/mol. The minimum absolute atomic E-state index is 0.0974. The summed E-state index contributed by atoms with van der Waals surface area (Å²) in [6.07, 6.45) is 4.08. The van der Waals surface area contributed by atoms with E-state index in [1.807, 2.05) is 11.1 Å². The molecule has 2 saturated heterocycles. The Morgan fingerprint density at radius 1 is 1.42 bits per heavy atom. The zero-order chi connectivity index (χ0) is 18.0. The Balaban J connectivity index is 1.30. The number of amides is 1. The van der Waals surface area contributed by atoms with Crippen LogP contribution in [0, 0.1) is 0 Å². The Morgan fingerprint density at radius 2 is 2.35 bits per heavy atom. The third kappa shape index (κ3) is 3.77. The molecule has 0 radical (unpaired) electrons. The molecule has 0 aliphatic carbocycles. The number of hydrogen-bond acceptors (Lipinski definition) is 4. The summed E-state index contributed by atoms with van der Waals surface area (Å²) in [5.74, 6) is 0.0974. The fourth-order valence-corrected chi connectivity index (χ4v) is 4.03. The molecule has 2 aliphatic rings. The van der Waals surface area contributed by atoms with Crippen LogP contribution in [-0.4, -0.2) is 60.3 Å². The van der Waals surface area contributed by atoms with Crippen molar-refractivity contribution in [1.82, 2.24) is 15.2 Å². The Labute approximate surface area is 153 Å². The molecule has 26 heavy (non-hydrogen) atoms. The second-order valence-corrected chi connectivity index (χ2v) is 7.48. The number of H-pyrrole nitrogens is 1. The van der Waals surface area contributed by atoms with Crippen LogP contribution >= 0.6 is 0 Å². The lowest BCUT2D eigenvalue weighted by molar-refractivity contribution is -0.133. The number of nitrogens with one attached hydrogen (secondary N) is 2. The highest BCUT2D eigenvalue weighted by atomic mass is 16.6. The molecule has 1 spiro atoms. The molecule has 6 nitrogen and oxygen atoms in total. The van der Waals surface area contributed by atoms with Crippen molar-refractivity contribution in [2.24, 2.45) is 0 Å². The van der Waals surface area contributed by atoms with Gasteiger partial charge >= 0.3 is 0 Å². The second-order valence-electron chi connectivity index (χ2n) is 7.48. The molecule has 0 bridgehead atoms. The van der Waals surface area contributed by atoms with Crippen LogP contribution in [0.15, 0.2) is 30.5 Å². The Kier molecular flexibility index (Phi) is 4.98. The van der Waals surface area contributed by atoms with Crippen LogP contribution in [0.3, 0.4) is 0 Å². The van der Waals surface area contributed by atoms with Gasteiger partial charge in [0.15, 0.2) is 0 Å². The highest BCUT2D eigenvalue weighted by Gasteiger charge is 2.43. The second kappa shape index (κ2) is 7.39. The van der Waals surface area contributed by atoms with Crippen molar-refractivity contribution < 1.29 is 14.3 Å². The quantitative estimate of drug-likeness (QED) is 0.879. The van der Waals surface area contributed by atoms with Gasteiger partial charge in [0, 0.05) is 38.3 Å². The number of hydrogen-bond donors (Lipinski definition) is 2. The van der Waals surface area contributed by atoms with Gasteiger partial charge in [-0.2, -0.15) is 0 Å². The molecule has 1 amide bonds. The highest BCUT2D eigenvalue weighted by molar-refractivity contribution is 5.79. The Hall–Kier alpha value is -1.89. The van der Waals surface area contributed by atoms with Gasteiger partial charge in [-0.3, -0.25) is 4.79 Å². The largest absolute Gasteiger partial charge is 0.377 e. The van der Waals surface area contributed by atoms with Crippen LogP contribution in [0.5, 0.6) is 0 Å². The number of carbonyl (C=O) groups is 1. The third-order valence-electron chi connectivity index (χ3n) is 5.45. The standard InChI is InChI=1S/C20H27N3O3/c1-15(24)23-8-9-25-14-20(13-23)6-4-18(26-20)12-21-11-16-2-3-19-17(10-16)5-7-22-19/h2-3,5,7,10,18,21-22H,4,6,8-9,11-14H2,1H3/t18-,20+/m0/s1. The van der Waals surface area contributed by atoms with E-state index in [2.05, 4.69) is 34.6 Å². The summed E-state index contributed by atoms with van der Waals surface area (Å²) in [6, 6.07) is 8.56. The fraction of sp³-hybridized carbons (Fsp3) is 0.550. The first-order valence-electron chi connectivity index (χ1n) is 9.41. The van der Waals surface area contributed by atoms with Crippen molar-refractivity contribution in [1.29, 1.82) is 0 Å². The number of aromatic amines is 1. The van der Waals surface area contributed by atoms with E-state index in [9.17, 15) is 4.79 Å². The SMILES string of the molecule is CC(=O)N1CCOC[C@@]2(CC[C@@H](CNCc3ccc4[nH]ccc4c3)O2)C1. The van der Waals surface area contributed by atoms with Crippen molar-refractivity contribution >= 4 is 16.8 Å². The molecule has 2 fully saturated rings. The van der Waals surface area contributed by atoms with E-state index in [1.165, 1.54) is 16.5 Å². The first kappa shape index (κ1) is 17.5. The predicted molar refractivity (Wildman–Crippen MR) is 99.9 cm³/mol. The van der Waals surface area contributed by atoms with E-state index in [1.54, 1.807) is 6.92 Å². The van der Waals surface area contributed by atoms with Gasteiger partial charge in [0.2, 0.25) is 5.91 Å². The molecule has 2 aromatic rings. The smallest absolute Gasteiger partial charge is 0.219 e. The molecule has 6 heteroatoms. The van der Waals surface area contributed by atoms with Crippen LogP contribution < -0.4 is 5.32 Å². The van der Waals surface area contributed by atoms with E-state index < -0.39 is 0 Å². The number of ether oxygens (including phenoxy) is 2. The topological polar surface area (TPSA) is 66.6 Å². The lowest BCUT2D eigenvalue weighted by Crippen LogP contribution is -2.46. The Bertz CT molecular complexity index is 775. The fourth-order valence-electron chi connectivity index (χ4n) is 4.03. The lowest BCUT2D eigenvalue weighted by Gasteiger charge is -2.31. The van der Waals surface area contributed by atoms with E-state index in [-0.39, 0.29) is 17.6 Å². The summed E-state index contributed by atoms with van der Waals surface area (Å²) in [7, 11) is 0. The first-order valence-corrected chi connectivity index (χ1v) is 9.41. The summed E-state index contributed by atoms with van der Waals surface area (Å²) in [5, 5.41) is 4.75. The van der Waals surface area contributed by atoms with Crippen molar-refractivity contribution in [3.05, 3.63) is 36.0 Å².